The summed E-state index contributed by atoms with van der Waals surface area (Å²) in [5.74, 6) is -0.343. The van der Waals surface area contributed by atoms with Gasteiger partial charge in [-0.25, -0.2) is 18.1 Å². The van der Waals surface area contributed by atoms with Crippen molar-refractivity contribution in [1.82, 2.24) is 20.1 Å². The molecule has 0 saturated heterocycles. The molecule has 1 N–H and O–H groups in total. The maximum Gasteiger partial charge on any atom is 0.264 e. The molecule has 1 amide bonds. The summed E-state index contributed by atoms with van der Waals surface area (Å²) in [7, 11) is -3.82. The van der Waals surface area contributed by atoms with E-state index < -0.39 is 10.0 Å². The lowest BCUT2D eigenvalue weighted by Gasteiger charge is -2.24. The summed E-state index contributed by atoms with van der Waals surface area (Å²) < 4.78 is 30.2. The van der Waals surface area contributed by atoms with Gasteiger partial charge >= 0.3 is 0 Å². The third kappa shape index (κ3) is 4.30. The van der Waals surface area contributed by atoms with Crippen LogP contribution in [0.1, 0.15) is 41.4 Å². The first-order valence-electron chi connectivity index (χ1n) is 11.3. The summed E-state index contributed by atoms with van der Waals surface area (Å²) in [6.45, 7) is 3.77. The molecule has 2 atom stereocenters. The van der Waals surface area contributed by atoms with Gasteiger partial charge in [0.25, 0.3) is 15.9 Å². The van der Waals surface area contributed by atoms with Crippen LogP contribution in [0.2, 0.25) is 0 Å². The van der Waals surface area contributed by atoms with Gasteiger partial charge in [-0.3, -0.25) is 9.10 Å². The van der Waals surface area contributed by atoms with E-state index in [9.17, 15) is 13.2 Å². The number of aromatic nitrogens is 3. The van der Waals surface area contributed by atoms with Crippen LogP contribution in [0.4, 0.5) is 5.69 Å². The molecule has 0 radical (unpaired) electrons. The quantitative estimate of drug-likeness (QED) is 0.445. The second-order valence-electron chi connectivity index (χ2n) is 8.64. The average molecular weight is 488 g/mol. The fourth-order valence-electron chi connectivity index (χ4n) is 4.44. The van der Waals surface area contributed by atoms with Crippen molar-refractivity contribution in [3.63, 3.8) is 0 Å². The first kappa shape index (κ1) is 22.8. The summed E-state index contributed by atoms with van der Waals surface area (Å²) >= 11 is 0. The van der Waals surface area contributed by atoms with E-state index >= 15 is 0 Å². The van der Waals surface area contributed by atoms with E-state index in [0.29, 0.717) is 12.1 Å². The van der Waals surface area contributed by atoms with Gasteiger partial charge in [0.2, 0.25) is 0 Å². The van der Waals surface area contributed by atoms with Gasteiger partial charge in [0.15, 0.2) is 0 Å². The molecule has 35 heavy (non-hydrogen) atoms. The van der Waals surface area contributed by atoms with Gasteiger partial charge in [-0.05, 0) is 67.8 Å². The van der Waals surface area contributed by atoms with E-state index in [-0.39, 0.29) is 28.4 Å². The number of anilines is 1. The zero-order valence-corrected chi connectivity index (χ0v) is 20.2. The molecule has 0 bridgehead atoms. The van der Waals surface area contributed by atoms with Crippen molar-refractivity contribution in [3.8, 4) is 5.69 Å². The van der Waals surface area contributed by atoms with Crippen LogP contribution in [0.25, 0.3) is 5.69 Å². The molecule has 1 aliphatic heterocycles. The molecule has 0 fully saturated rings. The second-order valence-corrected chi connectivity index (χ2v) is 10.5. The number of amides is 1. The number of carbonyl (C=O) groups is 1. The van der Waals surface area contributed by atoms with Gasteiger partial charge in [0.1, 0.15) is 12.7 Å². The number of nitrogens with zero attached hydrogens (tertiary/aromatic N) is 4. The van der Waals surface area contributed by atoms with E-state index in [4.69, 9.17) is 0 Å². The lowest BCUT2D eigenvalue weighted by Crippen LogP contribution is -2.36. The van der Waals surface area contributed by atoms with Gasteiger partial charge in [0.05, 0.1) is 22.3 Å². The highest BCUT2D eigenvalue weighted by atomic mass is 32.2. The highest BCUT2D eigenvalue weighted by Crippen LogP contribution is 2.36. The van der Waals surface area contributed by atoms with E-state index in [1.54, 1.807) is 23.1 Å². The number of carbonyl (C=O) groups excluding carboxylic acids is 1. The fourth-order valence-corrected chi connectivity index (χ4v) is 6.17. The Morgan fingerprint density at radius 1 is 1.06 bits per heavy atom. The second kappa shape index (κ2) is 8.99. The zero-order chi connectivity index (χ0) is 24.6. The van der Waals surface area contributed by atoms with Crippen LogP contribution in [0.15, 0.2) is 90.3 Å². The number of fused-ring (bicyclic) bond motifs is 1. The zero-order valence-electron chi connectivity index (χ0n) is 19.4. The lowest BCUT2D eigenvalue weighted by atomic mass is 10.1. The highest BCUT2D eigenvalue weighted by molar-refractivity contribution is 7.92. The number of para-hydroxylation sites is 1. The Hall–Kier alpha value is -3.98. The van der Waals surface area contributed by atoms with Crippen LogP contribution in [0.3, 0.4) is 0 Å². The first-order chi connectivity index (χ1) is 16.8. The van der Waals surface area contributed by atoms with Gasteiger partial charge in [-0.2, -0.15) is 5.10 Å². The van der Waals surface area contributed by atoms with Crippen LogP contribution in [-0.2, 0) is 16.4 Å². The highest BCUT2D eigenvalue weighted by Gasteiger charge is 2.36. The number of rotatable bonds is 6. The van der Waals surface area contributed by atoms with Crippen molar-refractivity contribution in [2.45, 2.75) is 37.2 Å². The summed E-state index contributed by atoms with van der Waals surface area (Å²) in [4.78, 5) is 17.0. The van der Waals surface area contributed by atoms with E-state index in [1.165, 1.54) is 22.8 Å². The molecule has 5 rings (SSSR count). The predicted molar refractivity (Wildman–Crippen MR) is 133 cm³/mol. The molecule has 3 aromatic carbocycles. The molecule has 9 heteroatoms. The van der Waals surface area contributed by atoms with Crippen LogP contribution >= 0.6 is 0 Å². The summed E-state index contributed by atoms with van der Waals surface area (Å²) in [5.41, 5.74) is 3.75. The molecule has 0 saturated carbocycles. The molecular formula is C26H25N5O3S. The molecule has 0 aliphatic carbocycles. The van der Waals surface area contributed by atoms with E-state index in [2.05, 4.69) is 15.4 Å². The molecule has 8 nitrogen and oxygen atoms in total. The maximum absolute atomic E-state index is 13.5. The van der Waals surface area contributed by atoms with E-state index in [1.807, 2.05) is 62.4 Å². The maximum atomic E-state index is 13.5. The average Bonchev–Trinajstić information content (AvgIpc) is 3.52. The normalized spacial score (nSPS) is 16.1. The Labute approximate surface area is 204 Å². The van der Waals surface area contributed by atoms with Crippen molar-refractivity contribution in [2.24, 2.45) is 0 Å². The van der Waals surface area contributed by atoms with Crippen LogP contribution in [0.5, 0.6) is 0 Å². The van der Waals surface area contributed by atoms with Gasteiger partial charge in [-0.15, -0.1) is 0 Å². The minimum Gasteiger partial charge on any atom is -0.346 e. The van der Waals surface area contributed by atoms with Crippen molar-refractivity contribution >= 4 is 21.6 Å². The van der Waals surface area contributed by atoms with Crippen LogP contribution in [-0.4, -0.2) is 35.1 Å². The number of nitrogens with one attached hydrogen (secondary N) is 1. The molecule has 1 aliphatic rings. The molecule has 1 aromatic heterocycles. The number of hydrogen-bond acceptors (Lipinski definition) is 5. The smallest absolute Gasteiger partial charge is 0.264 e. The lowest BCUT2D eigenvalue weighted by molar-refractivity contribution is 0.0939. The minimum atomic E-state index is -3.82. The Morgan fingerprint density at radius 2 is 1.83 bits per heavy atom. The van der Waals surface area contributed by atoms with E-state index in [0.717, 1.165) is 16.8 Å². The topological polar surface area (TPSA) is 97.2 Å². The molecule has 4 aromatic rings. The van der Waals surface area contributed by atoms with Crippen molar-refractivity contribution in [3.05, 3.63) is 102 Å². The molecule has 0 spiro atoms. The summed E-state index contributed by atoms with van der Waals surface area (Å²) in [6.07, 6.45) is 3.74. The molecular weight excluding hydrogens is 462 g/mol. The third-order valence-electron chi connectivity index (χ3n) is 6.22. The third-order valence-corrected chi connectivity index (χ3v) is 8.15. The minimum absolute atomic E-state index is 0.0959. The van der Waals surface area contributed by atoms with Gasteiger partial charge < -0.3 is 5.32 Å². The Morgan fingerprint density at radius 3 is 2.57 bits per heavy atom. The van der Waals surface area contributed by atoms with Crippen molar-refractivity contribution < 1.29 is 13.2 Å². The molecule has 178 valence electrons. The number of benzene rings is 3. The Balaban J connectivity index is 1.34. The van der Waals surface area contributed by atoms with Crippen LogP contribution in [0, 0.1) is 0 Å². The predicted octanol–water partition coefficient (Wildman–Crippen LogP) is 3.90. The van der Waals surface area contributed by atoms with Gasteiger partial charge in [-0.1, -0.05) is 36.4 Å². The Bertz CT molecular complexity index is 1470. The number of hydrogen-bond donors (Lipinski definition) is 1. The van der Waals surface area contributed by atoms with Crippen molar-refractivity contribution in [1.29, 1.82) is 0 Å². The Kier molecular flexibility index (Phi) is 5.86. The molecule has 2 heterocycles. The molecule has 2 unspecified atom stereocenters. The van der Waals surface area contributed by atoms with Gasteiger partial charge in [0, 0.05) is 11.6 Å². The van der Waals surface area contributed by atoms with Crippen LogP contribution < -0.4 is 9.62 Å². The SMILES string of the molecule is CC(NC(=O)c1cccc(S(=O)(=O)N2c3ccccc3CC2C)c1)c1ccc(-n2cncn2)cc1. The summed E-state index contributed by atoms with van der Waals surface area (Å²) in [6, 6.07) is 20.9. The first-order valence-corrected chi connectivity index (χ1v) is 12.8. The fraction of sp³-hybridized carbons (Fsp3) is 0.192. The van der Waals surface area contributed by atoms with Crippen molar-refractivity contribution in [2.75, 3.05) is 4.31 Å². The number of sulfonamides is 1. The summed E-state index contributed by atoms with van der Waals surface area (Å²) in [5, 5.41) is 7.06. The monoisotopic (exact) mass is 487 g/mol. The largest absolute Gasteiger partial charge is 0.346 e. The standard InChI is InChI=1S/C26H25N5O3S/c1-18-14-21-6-3-4-9-25(21)31(18)35(33,34)24-8-5-7-22(15-24)26(32)29-19(2)20-10-12-23(13-11-20)30-17-27-16-28-30/h3-13,15-19H,14H2,1-2H3,(H,29,32).